The molecule has 1 heterocycles. The van der Waals surface area contributed by atoms with Gasteiger partial charge in [-0.15, -0.1) is 0 Å². The first-order valence-electron chi connectivity index (χ1n) is 34.0. The first-order valence-corrected chi connectivity index (χ1v) is 35.8. The van der Waals surface area contributed by atoms with Crippen LogP contribution in [0.4, 0.5) is 4.11 Å². The van der Waals surface area contributed by atoms with Gasteiger partial charge in [-0.1, -0.05) is 60.1 Å². The Labute approximate surface area is 591 Å². The topological polar surface area (TPSA) is 516 Å². The van der Waals surface area contributed by atoms with E-state index in [0.717, 1.165) is 0 Å². The lowest BCUT2D eigenvalue weighted by Gasteiger charge is -2.44. The zero-order valence-corrected chi connectivity index (χ0v) is 59.9. The third-order valence-electron chi connectivity index (χ3n) is 17.7. The number of hydrogen-bond acceptors (Lipinski definition) is 20. The highest BCUT2D eigenvalue weighted by molar-refractivity contribution is 6.90. The van der Waals surface area contributed by atoms with E-state index in [1.165, 1.54) is 43.9 Å². The molecule has 1 aromatic rings. The molecule has 0 bridgehead atoms. The van der Waals surface area contributed by atoms with Crippen LogP contribution in [0, 0.1) is 17.8 Å². The first-order chi connectivity index (χ1) is 47.5. The van der Waals surface area contributed by atoms with Crippen LogP contribution in [0.15, 0.2) is 24.3 Å². The SMILES string of the molecule is CC(C)(C)[Si](F)(c1ccc(C(=O)NC[C@H](CC(=O)CC[C@@H](C(=O)O)N2CCN(CC(=O)O)CCN(CC(=O)O)CCN(CC(=O)O)CC2)C(=O)N[C@@H](CCCCNC(=O)CCC(=O)CCCC[C@@H](NC(=O)CC[C@H](CC(=O)C[C@@H](CCC(=O)O)C(=O)O)C(=O)O)C(=O)O)C(=O)O)cc1)C(C)(C)C. The van der Waals surface area contributed by atoms with Crippen LogP contribution < -0.4 is 26.5 Å². The Hall–Kier alpha value is -8.67. The van der Waals surface area contributed by atoms with E-state index < -0.39 is 214 Å². The van der Waals surface area contributed by atoms with Crippen LogP contribution in [0.5, 0.6) is 0 Å². The number of nitrogens with one attached hydrogen (secondary N) is 4. The molecule has 4 amide bonds. The van der Waals surface area contributed by atoms with E-state index in [0.29, 0.717) is 5.19 Å². The van der Waals surface area contributed by atoms with Gasteiger partial charge in [-0.3, -0.25) is 86.7 Å². The van der Waals surface area contributed by atoms with Crippen molar-refractivity contribution in [2.24, 2.45) is 17.8 Å². The number of unbranched alkanes of at least 4 members (excludes halogenated alkanes) is 2. The van der Waals surface area contributed by atoms with Gasteiger partial charge in [-0.2, -0.15) is 0 Å². The summed E-state index contributed by atoms with van der Waals surface area (Å²) >= 11 is 0. The first kappa shape index (κ1) is 89.4. The van der Waals surface area contributed by atoms with Crippen molar-refractivity contribution < 1.29 is 127 Å². The normalized spacial score (nSPS) is 15.8. The highest BCUT2D eigenvalue weighted by Crippen LogP contribution is 2.51. The highest BCUT2D eigenvalue weighted by atomic mass is 28.4. The zero-order chi connectivity index (χ0) is 77.2. The monoisotopic (exact) mass is 1470 g/mol. The van der Waals surface area contributed by atoms with Crippen molar-refractivity contribution in [2.75, 3.05) is 85.1 Å². The molecule has 6 atom stereocenters. The second kappa shape index (κ2) is 44.0. The minimum absolute atomic E-state index is 0.0163. The summed E-state index contributed by atoms with van der Waals surface area (Å²) in [6.45, 7) is 8.94. The minimum Gasteiger partial charge on any atom is -0.481 e. The molecule has 13 N–H and O–H groups in total. The van der Waals surface area contributed by atoms with Crippen LogP contribution in [0.25, 0.3) is 0 Å². The number of aliphatic carboxylic acids is 9. The van der Waals surface area contributed by atoms with Gasteiger partial charge in [0.15, 0.2) is 0 Å². The molecule has 35 heteroatoms. The standard InChI is InChI=1S/C67H103FN8O25Si/c1-66(2,3)102(68,67(4,5)6)49-20-14-42(15-21-49)59(90)70-38-45(37-47(78)18-22-52(65(100)101)76-33-31-74(40-57(86)87)29-27-73(39-56(84)85)28-30-75(32-34-76)41-58(88)89)60(91)72-51(64(98)99)13-9-10-26-69-53(80)24-19-46(77)11-7-8-12-50(63(96)97)71-54(81)23-16-43(61(92)93)35-48(79)36-44(62(94)95)17-25-55(82)83/h14-15,20-21,43-45,50-52H,7-13,16-19,22-41H2,1-6H3,(H,69,80)(H,70,90)(H,71,81)(H,72,91)(H,82,83)(H,84,85)(H,86,87)(H,88,89)(H,92,93)(H,94,95)(H,96,97)(H,98,99)(H,100,101)/t43-,44-,45+,50-,51+,52+/m1/s1. The van der Waals surface area contributed by atoms with Gasteiger partial charge in [0.1, 0.15) is 35.5 Å². The van der Waals surface area contributed by atoms with E-state index >= 15 is 4.11 Å². The molecule has 1 fully saturated rings. The maximum absolute atomic E-state index is 17.2. The van der Waals surface area contributed by atoms with E-state index in [2.05, 4.69) is 21.3 Å². The number of carboxylic acids is 9. The molecule has 2 rings (SSSR count). The second-order valence-electron chi connectivity index (χ2n) is 27.8. The average molecular weight is 1470 g/mol. The molecular formula is C67H103FN8O25Si. The molecule has 1 aromatic carbocycles. The molecule has 0 aromatic heterocycles. The smallest absolute Gasteiger partial charge is 0.326 e. The molecule has 1 aliphatic rings. The maximum atomic E-state index is 17.2. The van der Waals surface area contributed by atoms with Crippen molar-refractivity contribution in [3.05, 3.63) is 29.8 Å². The summed E-state index contributed by atoms with van der Waals surface area (Å²) in [5, 5.41) is 96.1. The number of halogens is 1. The molecular weight excluding hydrogens is 1360 g/mol. The summed E-state index contributed by atoms with van der Waals surface area (Å²) in [6.07, 6.45) is -4.80. The number of carboxylic acid groups (broad SMARTS) is 9. The van der Waals surface area contributed by atoms with Crippen molar-refractivity contribution >= 4 is 108 Å². The number of ketones is 3. The van der Waals surface area contributed by atoms with Crippen LogP contribution in [0.2, 0.25) is 10.1 Å². The molecule has 33 nitrogen and oxygen atoms in total. The number of amides is 4. The Morgan fingerprint density at radius 2 is 0.882 bits per heavy atom. The molecule has 1 saturated heterocycles. The van der Waals surface area contributed by atoms with Gasteiger partial charge < -0.3 is 71.3 Å². The van der Waals surface area contributed by atoms with Gasteiger partial charge in [-0.05, 0) is 78.8 Å². The Balaban J connectivity index is 2.15. The lowest BCUT2D eigenvalue weighted by molar-refractivity contribution is -0.147. The van der Waals surface area contributed by atoms with Gasteiger partial charge in [0.05, 0.1) is 37.4 Å². The predicted molar refractivity (Wildman–Crippen MR) is 364 cm³/mol. The van der Waals surface area contributed by atoms with Crippen LogP contribution in [-0.4, -0.2) is 272 Å². The molecule has 0 radical (unpaired) electrons. The number of hydrogen-bond donors (Lipinski definition) is 13. The van der Waals surface area contributed by atoms with Crippen molar-refractivity contribution in [1.29, 1.82) is 0 Å². The fourth-order valence-electron chi connectivity index (χ4n) is 12.2. The molecule has 0 unspecified atom stereocenters. The van der Waals surface area contributed by atoms with Crippen molar-refractivity contribution in [3.8, 4) is 0 Å². The summed E-state index contributed by atoms with van der Waals surface area (Å²) in [7, 11) is -3.76. The van der Waals surface area contributed by atoms with Gasteiger partial charge in [-0.25, -0.2) is 9.59 Å². The third-order valence-corrected chi connectivity index (χ3v) is 23.0. The summed E-state index contributed by atoms with van der Waals surface area (Å²) in [5.74, 6) is -21.2. The average Bonchev–Trinajstić information content (AvgIpc) is 0.748. The van der Waals surface area contributed by atoms with Crippen LogP contribution >= 0.6 is 0 Å². The Morgan fingerprint density at radius 3 is 1.32 bits per heavy atom. The van der Waals surface area contributed by atoms with Crippen LogP contribution in [-0.2, 0) is 71.9 Å². The lowest BCUT2D eigenvalue weighted by atomic mass is 9.90. The largest absolute Gasteiger partial charge is 0.481 e. The zero-order valence-electron chi connectivity index (χ0n) is 58.9. The van der Waals surface area contributed by atoms with E-state index in [-0.39, 0.29) is 141 Å². The van der Waals surface area contributed by atoms with E-state index in [1.807, 2.05) is 41.5 Å². The second-order valence-corrected chi connectivity index (χ2v) is 32.7. The Morgan fingerprint density at radius 1 is 0.431 bits per heavy atom. The van der Waals surface area contributed by atoms with Gasteiger partial charge in [0.25, 0.3) is 14.3 Å². The summed E-state index contributed by atoms with van der Waals surface area (Å²) in [5.41, 5.74) is 0.0713. The number of benzene rings is 1. The van der Waals surface area contributed by atoms with Gasteiger partial charge >= 0.3 is 53.7 Å². The van der Waals surface area contributed by atoms with Crippen molar-refractivity contribution in [1.82, 2.24) is 40.9 Å². The number of carbonyl (C=O) groups excluding carboxylic acids is 7. The summed E-state index contributed by atoms with van der Waals surface area (Å²) in [6, 6.07) is 1.51. The lowest BCUT2D eigenvalue weighted by Crippen LogP contribution is -2.57. The number of rotatable bonds is 47. The quantitative estimate of drug-likeness (QED) is 0.0253. The molecule has 102 heavy (non-hydrogen) atoms. The van der Waals surface area contributed by atoms with E-state index in [4.69, 9.17) is 5.11 Å². The molecule has 0 aliphatic carbocycles. The van der Waals surface area contributed by atoms with E-state index in [1.54, 1.807) is 0 Å². The fourth-order valence-corrected chi connectivity index (χ4v) is 16.8. The number of carbonyl (C=O) groups is 16. The molecule has 0 spiro atoms. The van der Waals surface area contributed by atoms with E-state index in [9.17, 15) is 118 Å². The van der Waals surface area contributed by atoms with Gasteiger partial charge in [0.2, 0.25) is 17.7 Å². The maximum Gasteiger partial charge on any atom is 0.326 e. The molecule has 1 aliphatic heterocycles. The summed E-state index contributed by atoms with van der Waals surface area (Å²) in [4.78, 5) is 206. The van der Waals surface area contributed by atoms with Crippen LogP contribution in [0.1, 0.15) is 167 Å². The molecule has 572 valence electrons. The summed E-state index contributed by atoms with van der Waals surface area (Å²) < 4.78 is 17.2. The number of Topliss-reactive ketones (excluding diaryl/α,β-unsaturated/α-hetero) is 3. The molecule has 0 saturated carbocycles. The highest BCUT2D eigenvalue weighted by Gasteiger charge is 2.56. The van der Waals surface area contributed by atoms with Crippen LogP contribution in [0.3, 0.4) is 0 Å². The van der Waals surface area contributed by atoms with Gasteiger partial charge in [0, 0.05) is 129 Å². The Bertz CT molecular complexity index is 3040. The Kier molecular flexibility index (Phi) is 38.5. The number of nitrogens with zero attached hydrogens (tertiary/aromatic N) is 4. The predicted octanol–water partition coefficient (Wildman–Crippen LogP) is 2.15. The minimum atomic E-state index is -3.76. The fraction of sp³-hybridized carbons (Fsp3) is 0.672. The van der Waals surface area contributed by atoms with Crippen molar-refractivity contribution in [2.45, 2.75) is 185 Å². The third kappa shape index (κ3) is 33.4. The van der Waals surface area contributed by atoms with Crippen molar-refractivity contribution in [3.63, 3.8) is 0 Å².